The summed E-state index contributed by atoms with van der Waals surface area (Å²) in [5, 5.41) is 11.8. The Morgan fingerprint density at radius 2 is 2.37 bits per heavy atom. The standard InChI is InChI=1S/C12H11N3O2S2/c1-8-13-12(19-15-8)14-11(17)10-6-5-9(18-10)4-2-3-7-16/h5-6,16H,3,7H2,1H3,(H,13,14,15,17). The summed E-state index contributed by atoms with van der Waals surface area (Å²) >= 11 is 2.46. The summed E-state index contributed by atoms with van der Waals surface area (Å²) in [4.78, 5) is 17.4. The first kappa shape index (κ1) is 13.7. The Morgan fingerprint density at radius 1 is 1.53 bits per heavy atom. The van der Waals surface area contributed by atoms with E-state index in [0.29, 0.717) is 22.3 Å². The van der Waals surface area contributed by atoms with Crippen molar-refractivity contribution in [1.29, 1.82) is 0 Å². The van der Waals surface area contributed by atoms with Crippen molar-refractivity contribution in [2.45, 2.75) is 13.3 Å². The molecule has 0 fully saturated rings. The molecule has 0 atom stereocenters. The van der Waals surface area contributed by atoms with Crippen LogP contribution in [0.15, 0.2) is 12.1 Å². The van der Waals surface area contributed by atoms with E-state index in [1.807, 2.05) is 0 Å². The number of aryl methyl sites for hydroxylation is 1. The van der Waals surface area contributed by atoms with Gasteiger partial charge in [-0.05, 0) is 19.1 Å². The molecule has 5 nitrogen and oxygen atoms in total. The number of anilines is 1. The second kappa shape index (κ2) is 6.43. The van der Waals surface area contributed by atoms with Crippen LogP contribution in [0.4, 0.5) is 5.13 Å². The monoisotopic (exact) mass is 293 g/mol. The summed E-state index contributed by atoms with van der Waals surface area (Å²) in [6, 6.07) is 3.51. The number of amides is 1. The molecule has 0 unspecified atom stereocenters. The Labute approximate surface area is 118 Å². The third-order valence-corrected chi connectivity index (χ3v) is 3.75. The van der Waals surface area contributed by atoms with E-state index >= 15 is 0 Å². The van der Waals surface area contributed by atoms with Crippen LogP contribution in [0.5, 0.6) is 0 Å². The first-order chi connectivity index (χ1) is 9.19. The largest absolute Gasteiger partial charge is 0.395 e. The molecule has 0 saturated carbocycles. The van der Waals surface area contributed by atoms with E-state index in [1.165, 1.54) is 11.3 Å². The number of hydrogen-bond acceptors (Lipinski definition) is 6. The van der Waals surface area contributed by atoms with Crippen LogP contribution < -0.4 is 5.32 Å². The molecule has 2 N–H and O–H groups in total. The Morgan fingerprint density at radius 3 is 3.05 bits per heavy atom. The Bertz CT molecular complexity index is 637. The number of carbonyl (C=O) groups is 1. The highest BCUT2D eigenvalue weighted by atomic mass is 32.1. The van der Waals surface area contributed by atoms with Crippen molar-refractivity contribution in [2.24, 2.45) is 0 Å². The van der Waals surface area contributed by atoms with Gasteiger partial charge in [-0.15, -0.1) is 11.3 Å². The van der Waals surface area contributed by atoms with Crippen molar-refractivity contribution in [2.75, 3.05) is 11.9 Å². The lowest BCUT2D eigenvalue weighted by molar-refractivity contribution is 0.103. The molecule has 19 heavy (non-hydrogen) atoms. The zero-order chi connectivity index (χ0) is 13.7. The van der Waals surface area contributed by atoms with E-state index in [0.717, 1.165) is 16.4 Å². The molecule has 0 radical (unpaired) electrons. The van der Waals surface area contributed by atoms with E-state index in [2.05, 4.69) is 26.5 Å². The number of hydrogen-bond donors (Lipinski definition) is 2. The van der Waals surface area contributed by atoms with Gasteiger partial charge in [-0.3, -0.25) is 10.1 Å². The van der Waals surface area contributed by atoms with Crippen LogP contribution in [0.3, 0.4) is 0 Å². The van der Waals surface area contributed by atoms with Crippen molar-refractivity contribution < 1.29 is 9.90 Å². The summed E-state index contributed by atoms with van der Waals surface area (Å²) in [6.07, 6.45) is 0.434. The second-order valence-electron chi connectivity index (χ2n) is 3.54. The lowest BCUT2D eigenvalue weighted by Crippen LogP contribution is -2.09. The third kappa shape index (κ3) is 3.86. The molecule has 0 aliphatic heterocycles. The highest BCUT2D eigenvalue weighted by Crippen LogP contribution is 2.18. The molecule has 0 spiro atoms. The smallest absolute Gasteiger partial charge is 0.267 e. The molecular weight excluding hydrogens is 282 g/mol. The van der Waals surface area contributed by atoms with Crippen molar-refractivity contribution in [3.8, 4) is 11.8 Å². The fourth-order valence-corrected chi connectivity index (χ4v) is 2.59. The van der Waals surface area contributed by atoms with E-state index in [9.17, 15) is 4.79 Å². The van der Waals surface area contributed by atoms with Gasteiger partial charge in [0.15, 0.2) is 0 Å². The van der Waals surface area contributed by atoms with Crippen LogP contribution in [0, 0.1) is 18.8 Å². The lowest BCUT2D eigenvalue weighted by atomic mass is 10.4. The molecule has 2 aromatic rings. The molecule has 2 heterocycles. The molecule has 7 heteroatoms. The summed E-state index contributed by atoms with van der Waals surface area (Å²) in [5.74, 6) is 6.14. The van der Waals surface area contributed by atoms with Crippen LogP contribution in [-0.4, -0.2) is 27.0 Å². The molecule has 0 saturated heterocycles. The normalized spacial score (nSPS) is 9.79. The van der Waals surface area contributed by atoms with Crippen molar-refractivity contribution in [1.82, 2.24) is 9.36 Å². The minimum Gasteiger partial charge on any atom is -0.395 e. The van der Waals surface area contributed by atoms with Gasteiger partial charge < -0.3 is 5.11 Å². The van der Waals surface area contributed by atoms with Crippen molar-refractivity contribution in [3.05, 3.63) is 27.7 Å². The van der Waals surface area contributed by atoms with Crippen LogP contribution >= 0.6 is 22.9 Å². The predicted molar refractivity (Wildman–Crippen MR) is 75.5 cm³/mol. The molecule has 0 aromatic carbocycles. The number of aliphatic hydroxyl groups excluding tert-OH is 1. The van der Waals surface area contributed by atoms with E-state index in [1.54, 1.807) is 19.1 Å². The third-order valence-electron chi connectivity index (χ3n) is 2.03. The zero-order valence-electron chi connectivity index (χ0n) is 10.1. The average molecular weight is 293 g/mol. The molecule has 1 amide bonds. The van der Waals surface area contributed by atoms with Gasteiger partial charge in [0.2, 0.25) is 5.13 Å². The summed E-state index contributed by atoms with van der Waals surface area (Å²) in [5.41, 5.74) is 0. The number of carbonyl (C=O) groups excluding carboxylic acids is 1. The fourth-order valence-electron chi connectivity index (χ4n) is 1.24. The van der Waals surface area contributed by atoms with Crippen LogP contribution in [0.1, 0.15) is 26.8 Å². The number of nitrogens with one attached hydrogen (secondary N) is 1. The predicted octanol–water partition coefficient (Wildman–Crippen LogP) is 1.89. The van der Waals surface area contributed by atoms with Gasteiger partial charge in [0.1, 0.15) is 5.82 Å². The Kier molecular flexibility index (Phi) is 4.63. The number of aromatic nitrogens is 2. The molecule has 2 aromatic heterocycles. The van der Waals surface area contributed by atoms with Crippen LogP contribution in [-0.2, 0) is 0 Å². The van der Waals surface area contributed by atoms with Crippen LogP contribution in [0.25, 0.3) is 0 Å². The lowest BCUT2D eigenvalue weighted by Gasteiger charge is -1.96. The first-order valence-corrected chi connectivity index (χ1v) is 7.09. The quantitative estimate of drug-likeness (QED) is 0.848. The van der Waals surface area contributed by atoms with Gasteiger partial charge in [-0.1, -0.05) is 11.8 Å². The number of aliphatic hydroxyl groups is 1. The zero-order valence-corrected chi connectivity index (χ0v) is 11.8. The van der Waals surface area contributed by atoms with Gasteiger partial charge in [0, 0.05) is 18.0 Å². The second-order valence-corrected chi connectivity index (χ2v) is 5.38. The minimum atomic E-state index is -0.212. The molecule has 0 aliphatic carbocycles. The highest BCUT2D eigenvalue weighted by Gasteiger charge is 2.11. The number of thiophene rings is 1. The fraction of sp³-hybridized carbons (Fsp3) is 0.250. The Hall–Kier alpha value is -1.75. The highest BCUT2D eigenvalue weighted by molar-refractivity contribution is 7.15. The summed E-state index contributed by atoms with van der Waals surface area (Å²) in [6.45, 7) is 1.81. The van der Waals surface area contributed by atoms with Gasteiger partial charge >= 0.3 is 0 Å². The van der Waals surface area contributed by atoms with Gasteiger partial charge in [0.05, 0.1) is 16.4 Å². The van der Waals surface area contributed by atoms with Crippen molar-refractivity contribution >= 4 is 33.9 Å². The molecular formula is C12H11N3O2S2. The maximum Gasteiger partial charge on any atom is 0.267 e. The maximum atomic E-state index is 11.9. The average Bonchev–Trinajstić information content (AvgIpc) is 2.99. The van der Waals surface area contributed by atoms with E-state index < -0.39 is 0 Å². The minimum absolute atomic E-state index is 0.0438. The summed E-state index contributed by atoms with van der Waals surface area (Å²) in [7, 11) is 0. The number of nitrogens with zero attached hydrogens (tertiary/aromatic N) is 2. The molecule has 0 aliphatic rings. The number of rotatable bonds is 3. The van der Waals surface area contributed by atoms with Gasteiger partial charge in [0.25, 0.3) is 5.91 Å². The summed E-state index contributed by atoms with van der Waals surface area (Å²) < 4.78 is 3.99. The SMILES string of the molecule is Cc1nsc(NC(=O)c2ccc(C#CCCO)s2)n1. The van der Waals surface area contributed by atoms with Gasteiger partial charge in [-0.25, -0.2) is 4.98 Å². The van der Waals surface area contributed by atoms with Gasteiger partial charge in [-0.2, -0.15) is 4.37 Å². The Balaban J connectivity index is 2.02. The molecule has 0 bridgehead atoms. The van der Waals surface area contributed by atoms with Crippen molar-refractivity contribution in [3.63, 3.8) is 0 Å². The van der Waals surface area contributed by atoms with E-state index in [4.69, 9.17) is 5.11 Å². The molecule has 2 rings (SSSR count). The van der Waals surface area contributed by atoms with E-state index in [-0.39, 0.29) is 12.5 Å². The maximum absolute atomic E-state index is 11.9. The molecule has 98 valence electrons. The topological polar surface area (TPSA) is 75.1 Å². The first-order valence-electron chi connectivity index (χ1n) is 5.50. The van der Waals surface area contributed by atoms with Crippen LogP contribution in [0.2, 0.25) is 0 Å².